The molecule has 0 radical (unpaired) electrons. The van der Waals surface area contributed by atoms with Crippen LogP contribution in [0.1, 0.15) is 16.9 Å². The molecule has 1 saturated heterocycles. The Morgan fingerprint density at radius 1 is 1.73 bits per heavy atom. The molecular formula is C10H14BrN3O. The smallest absolute Gasteiger partial charge is 0.272 e. The van der Waals surface area contributed by atoms with Crippen LogP contribution in [0.5, 0.6) is 0 Å². The van der Waals surface area contributed by atoms with Crippen molar-refractivity contribution in [1.82, 2.24) is 14.5 Å². The van der Waals surface area contributed by atoms with Gasteiger partial charge in [-0.2, -0.15) is 0 Å². The van der Waals surface area contributed by atoms with Crippen LogP contribution in [-0.2, 0) is 7.05 Å². The number of aryl methyl sites for hydroxylation is 1. The molecule has 1 aromatic rings. The summed E-state index contributed by atoms with van der Waals surface area (Å²) in [7, 11) is 1.85. The van der Waals surface area contributed by atoms with Gasteiger partial charge in [-0.1, -0.05) is 15.9 Å². The van der Waals surface area contributed by atoms with Crippen molar-refractivity contribution >= 4 is 21.8 Å². The summed E-state index contributed by atoms with van der Waals surface area (Å²) in [6.45, 7) is 1.72. The number of carbonyl (C=O) groups excluding carboxylic acids is 1. The summed E-state index contributed by atoms with van der Waals surface area (Å²) in [6, 6.07) is 0. The zero-order valence-corrected chi connectivity index (χ0v) is 10.3. The molecular weight excluding hydrogens is 258 g/mol. The minimum Gasteiger partial charge on any atom is -0.337 e. The Morgan fingerprint density at radius 2 is 2.53 bits per heavy atom. The van der Waals surface area contributed by atoms with Gasteiger partial charge < -0.3 is 9.47 Å². The molecule has 5 heteroatoms. The van der Waals surface area contributed by atoms with Crippen molar-refractivity contribution in [2.24, 2.45) is 13.0 Å². The van der Waals surface area contributed by atoms with E-state index in [0.717, 1.165) is 24.8 Å². The van der Waals surface area contributed by atoms with Crippen molar-refractivity contribution < 1.29 is 4.79 Å². The molecule has 15 heavy (non-hydrogen) atoms. The van der Waals surface area contributed by atoms with Gasteiger partial charge in [-0.15, -0.1) is 0 Å². The number of imidazole rings is 1. The van der Waals surface area contributed by atoms with Crippen LogP contribution in [-0.4, -0.2) is 38.8 Å². The summed E-state index contributed by atoms with van der Waals surface area (Å²) in [5.41, 5.74) is 0.672. The van der Waals surface area contributed by atoms with Gasteiger partial charge in [0.1, 0.15) is 5.69 Å². The topological polar surface area (TPSA) is 38.1 Å². The molecule has 4 nitrogen and oxygen atoms in total. The van der Waals surface area contributed by atoms with Crippen molar-refractivity contribution in [1.29, 1.82) is 0 Å². The van der Waals surface area contributed by atoms with Crippen LogP contribution in [0, 0.1) is 5.92 Å². The van der Waals surface area contributed by atoms with Crippen LogP contribution < -0.4 is 0 Å². The van der Waals surface area contributed by atoms with Gasteiger partial charge in [0.15, 0.2) is 0 Å². The first-order chi connectivity index (χ1) is 7.22. The van der Waals surface area contributed by atoms with E-state index in [1.54, 1.807) is 17.1 Å². The Balaban J connectivity index is 2.07. The molecule has 82 valence electrons. The molecule has 0 spiro atoms. The van der Waals surface area contributed by atoms with Crippen LogP contribution in [0.2, 0.25) is 0 Å². The standard InChI is InChI=1S/C10H14BrN3O/c1-13-7-12-5-9(13)10(15)14-3-2-8(4-11)6-14/h5,7-8H,2-4,6H2,1H3. The normalized spacial score (nSPS) is 20.9. The van der Waals surface area contributed by atoms with Gasteiger partial charge in [-0.05, 0) is 12.3 Å². The number of amides is 1. The number of hydrogen-bond donors (Lipinski definition) is 0. The lowest BCUT2D eigenvalue weighted by Gasteiger charge is -2.15. The van der Waals surface area contributed by atoms with Gasteiger partial charge in [0.2, 0.25) is 0 Å². The maximum atomic E-state index is 12.0. The third-order valence-corrected chi connectivity index (χ3v) is 3.74. The monoisotopic (exact) mass is 271 g/mol. The van der Waals surface area contributed by atoms with Crippen LogP contribution >= 0.6 is 15.9 Å². The SMILES string of the molecule is Cn1cncc1C(=O)N1CCC(CBr)C1. The predicted octanol–water partition coefficient (Wildman–Crippen LogP) is 1.28. The molecule has 2 rings (SSSR count). The van der Waals surface area contributed by atoms with E-state index in [2.05, 4.69) is 20.9 Å². The van der Waals surface area contributed by atoms with Crippen molar-refractivity contribution in [3.05, 3.63) is 18.2 Å². The molecule has 0 bridgehead atoms. The first-order valence-electron chi connectivity index (χ1n) is 5.04. The quantitative estimate of drug-likeness (QED) is 0.761. The summed E-state index contributed by atoms with van der Waals surface area (Å²) in [5.74, 6) is 0.695. The maximum Gasteiger partial charge on any atom is 0.272 e. The highest BCUT2D eigenvalue weighted by molar-refractivity contribution is 9.09. The molecule has 0 N–H and O–H groups in total. The molecule has 2 heterocycles. The predicted molar refractivity (Wildman–Crippen MR) is 61.0 cm³/mol. The molecule has 1 amide bonds. The zero-order chi connectivity index (χ0) is 10.8. The Bertz CT molecular complexity index is 363. The highest BCUT2D eigenvalue weighted by atomic mass is 79.9. The fraction of sp³-hybridized carbons (Fsp3) is 0.600. The minimum atomic E-state index is 0.0958. The van der Waals surface area contributed by atoms with E-state index in [1.807, 2.05) is 11.9 Å². The van der Waals surface area contributed by atoms with Gasteiger partial charge >= 0.3 is 0 Å². The zero-order valence-electron chi connectivity index (χ0n) is 8.69. The second kappa shape index (κ2) is 4.35. The maximum absolute atomic E-state index is 12.0. The molecule has 1 aromatic heterocycles. The average Bonchev–Trinajstić information content (AvgIpc) is 2.84. The first kappa shape index (κ1) is 10.7. The largest absolute Gasteiger partial charge is 0.337 e. The van der Waals surface area contributed by atoms with Crippen molar-refractivity contribution in [3.8, 4) is 0 Å². The number of likely N-dealkylation sites (tertiary alicyclic amines) is 1. The average molecular weight is 272 g/mol. The number of hydrogen-bond acceptors (Lipinski definition) is 2. The molecule has 0 aromatic carbocycles. The van der Waals surface area contributed by atoms with Gasteiger partial charge in [0, 0.05) is 25.5 Å². The summed E-state index contributed by atoms with van der Waals surface area (Å²) in [4.78, 5) is 17.9. The van der Waals surface area contributed by atoms with Gasteiger partial charge in [0.25, 0.3) is 5.91 Å². The molecule has 0 saturated carbocycles. The fourth-order valence-corrected chi connectivity index (χ4v) is 2.40. The Kier molecular flexibility index (Phi) is 3.09. The molecule has 0 aliphatic carbocycles. The molecule has 1 unspecified atom stereocenters. The van der Waals surface area contributed by atoms with E-state index in [9.17, 15) is 4.79 Å². The van der Waals surface area contributed by atoms with Gasteiger partial charge in [0.05, 0.1) is 12.5 Å². The molecule has 1 atom stereocenters. The van der Waals surface area contributed by atoms with Crippen molar-refractivity contribution in [2.75, 3.05) is 18.4 Å². The number of carbonyl (C=O) groups is 1. The summed E-state index contributed by atoms with van der Waals surface area (Å²) in [5, 5.41) is 0.974. The van der Waals surface area contributed by atoms with E-state index < -0.39 is 0 Å². The molecule has 1 aliphatic rings. The number of alkyl halides is 1. The highest BCUT2D eigenvalue weighted by Gasteiger charge is 2.27. The third kappa shape index (κ3) is 2.07. The number of nitrogens with zero attached hydrogens (tertiary/aromatic N) is 3. The van der Waals surface area contributed by atoms with Crippen LogP contribution in [0.25, 0.3) is 0 Å². The Hall–Kier alpha value is -0.840. The van der Waals surface area contributed by atoms with E-state index >= 15 is 0 Å². The molecule has 1 fully saturated rings. The lowest BCUT2D eigenvalue weighted by atomic mass is 10.2. The number of halogens is 1. The van der Waals surface area contributed by atoms with E-state index in [1.165, 1.54) is 0 Å². The second-order valence-electron chi connectivity index (χ2n) is 3.95. The van der Waals surface area contributed by atoms with Crippen LogP contribution in [0.4, 0.5) is 0 Å². The summed E-state index contributed by atoms with van der Waals surface area (Å²) >= 11 is 3.46. The Labute approximate surface area is 97.4 Å². The number of rotatable bonds is 2. The Morgan fingerprint density at radius 3 is 3.07 bits per heavy atom. The second-order valence-corrected chi connectivity index (χ2v) is 4.60. The summed E-state index contributed by atoms with van der Waals surface area (Å²) in [6.07, 6.45) is 4.38. The molecule has 1 aliphatic heterocycles. The van der Waals surface area contributed by atoms with Crippen molar-refractivity contribution in [2.45, 2.75) is 6.42 Å². The third-order valence-electron chi connectivity index (χ3n) is 2.83. The minimum absolute atomic E-state index is 0.0958. The first-order valence-corrected chi connectivity index (χ1v) is 6.16. The van der Waals surface area contributed by atoms with E-state index in [4.69, 9.17) is 0 Å². The van der Waals surface area contributed by atoms with Crippen molar-refractivity contribution in [3.63, 3.8) is 0 Å². The van der Waals surface area contributed by atoms with E-state index in [-0.39, 0.29) is 5.91 Å². The fourth-order valence-electron chi connectivity index (χ4n) is 1.87. The van der Waals surface area contributed by atoms with E-state index in [0.29, 0.717) is 11.6 Å². The number of aromatic nitrogens is 2. The van der Waals surface area contributed by atoms with Gasteiger partial charge in [-0.3, -0.25) is 4.79 Å². The highest BCUT2D eigenvalue weighted by Crippen LogP contribution is 2.19. The van der Waals surface area contributed by atoms with Crippen LogP contribution in [0.15, 0.2) is 12.5 Å². The van der Waals surface area contributed by atoms with Gasteiger partial charge in [-0.25, -0.2) is 4.98 Å². The summed E-state index contributed by atoms with van der Waals surface area (Å²) < 4.78 is 1.77. The lowest BCUT2D eigenvalue weighted by Crippen LogP contribution is -2.30. The lowest BCUT2D eigenvalue weighted by molar-refractivity contribution is 0.0779. The van der Waals surface area contributed by atoms with Crippen LogP contribution in [0.3, 0.4) is 0 Å².